The van der Waals surface area contributed by atoms with E-state index in [4.69, 9.17) is 5.73 Å². The molecule has 2 amide bonds. The van der Waals surface area contributed by atoms with Crippen LogP contribution in [0.15, 0.2) is 24.3 Å². The van der Waals surface area contributed by atoms with E-state index in [0.717, 1.165) is 5.56 Å². The predicted octanol–water partition coefficient (Wildman–Crippen LogP) is 1.83. The van der Waals surface area contributed by atoms with E-state index in [9.17, 15) is 9.18 Å². The Morgan fingerprint density at radius 2 is 2.26 bits per heavy atom. The largest absolute Gasteiger partial charge is 0.330 e. The Bertz CT molecular complexity index is 466. The molecule has 19 heavy (non-hydrogen) atoms. The maximum atomic E-state index is 13.3. The Morgan fingerprint density at radius 3 is 2.89 bits per heavy atom. The van der Waals surface area contributed by atoms with Crippen LogP contribution in [0.25, 0.3) is 0 Å². The molecule has 1 aromatic rings. The van der Waals surface area contributed by atoms with Crippen LogP contribution < -0.4 is 5.73 Å². The molecule has 1 aliphatic rings. The SMILES string of the molecule is CC(CN)CN1CC(c2cccc(F)c2)N(C)C1=O. The minimum atomic E-state index is -0.271. The lowest BCUT2D eigenvalue weighted by molar-refractivity contribution is 0.191. The van der Waals surface area contributed by atoms with Gasteiger partial charge in [-0.15, -0.1) is 0 Å². The molecule has 5 heteroatoms. The average molecular weight is 265 g/mol. The molecular formula is C14H20FN3O. The van der Waals surface area contributed by atoms with Crippen molar-refractivity contribution in [3.63, 3.8) is 0 Å². The number of amides is 2. The van der Waals surface area contributed by atoms with Crippen molar-refractivity contribution in [3.05, 3.63) is 35.6 Å². The van der Waals surface area contributed by atoms with E-state index in [1.807, 2.05) is 13.0 Å². The zero-order valence-electron chi connectivity index (χ0n) is 11.3. The number of hydrogen-bond donors (Lipinski definition) is 1. The highest BCUT2D eigenvalue weighted by Crippen LogP contribution is 2.28. The highest BCUT2D eigenvalue weighted by molar-refractivity contribution is 5.77. The number of benzene rings is 1. The molecule has 1 fully saturated rings. The molecular weight excluding hydrogens is 245 g/mol. The first kappa shape index (κ1) is 13.8. The Morgan fingerprint density at radius 1 is 1.53 bits per heavy atom. The molecule has 2 atom stereocenters. The lowest BCUT2D eigenvalue weighted by Gasteiger charge is -2.19. The van der Waals surface area contributed by atoms with E-state index in [0.29, 0.717) is 19.6 Å². The number of rotatable bonds is 4. The van der Waals surface area contributed by atoms with Crippen LogP contribution in [0.3, 0.4) is 0 Å². The van der Waals surface area contributed by atoms with Crippen molar-refractivity contribution in [2.75, 3.05) is 26.7 Å². The molecule has 0 spiro atoms. The van der Waals surface area contributed by atoms with E-state index in [-0.39, 0.29) is 23.8 Å². The first-order valence-corrected chi connectivity index (χ1v) is 6.50. The van der Waals surface area contributed by atoms with Crippen LogP contribution in [0, 0.1) is 11.7 Å². The van der Waals surface area contributed by atoms with Gasteiger partial charge < -0.3 is 15.5 Å². The molecule has 1 aromatic carbocycles. The number of carbonyl (C=O) groups excluding carboxylic acids is 1. The van der Waals surface area contributed by atoms with Crippen molar-refractivity contribution in [2.45, 2.75) is 13.0 Å². The van der Waals surface area contributed by atoms with Gasteiger partial charge in [-0.3, -0.25) is 0 Å². The molecule has 104 valence electrons. The van der Waals surface area contributed by atoms with E-state index >= 15 is 0 Å². The molecule has 0 saturated carbocycles. The number of likely N-dealkylation sites (N-methyl/N-ethyl adjacent to an activating group) is 1. The Kier molecular flexibility index (Phi) is 4.04. The molecule has 0 aromatic heterocycles. The standard InChI is InChI=1S/C14H20FN3O/c1-10(7-16)8-18-9-13(17(2)14(18)19)11-4-3-5-12(15)6-11/h3-6,10,13H,7-9,16H2,1-2H3. The third-order valence-corrected chi connectivity index (χ3v) is 3.60. The zero-order valence-corrected chi connectivity index (χ0v) is 11.3. The Hall–Kier alpha value is -1.62. The van der Waals surface area contributed by atoms with Gasteiger partial charge >= 0.3 is 6.03 Å². The van der Waals surface area contributed by atoms with Crippen molar-refractivity contribution in [1.82, 2.24) is 9.80 Å². The smallest absolute Gasteiger partial charge is 0.320 e. The fourth-order valence-corrected chi connectivity index (χ4v) is 2.41. The van der Waals surface area contributed by atoms with Crippen LogP contribution in [0.1, 0.15) is 18.5 Å². The fraction of sp³-hybridized carbons (Fsp3) is 0.500. The molecule has 4 nitrogen and oxygen atoms in total. The summed E-state index contributed by atoms with van der Waals surface area (Å²) in [5.41, 5.74) is 6.43. The van der Waals surface area contributed by atoms with Crippen LogP contribution in [0.2, 0.25) is 0 Å². The molecule has 1 aliphatic heterocycles. The first-order valence-electron chi connectivity index (χ1n) is 6.50. The fourth-order valence-electron chi connectivity index (χ4n) is 2.41. The number of urea groups is 1. The number of hydrogen-bond acceptors (Lipinski definition) is 2. The van der Waals surface area contributed by atoms with Gasteiger partial charge in [-0.05, 0) is 30.2 Å². The van der Waals surface area contributed by atoms with Crippen LogP contribution in [0.5, 0.6) is 0 Å². The summed E-state index contributed by atoms with van der Waals surface area (Å²) < 4.78 is 13.3. The van der Waals surface area contributed by atoms with Crippen LogP contribution in [-0.4, -0.2) is 42.5 Å². The molecule has 2 rings (SSSR count). The van der Waals surface area contributed by atoms with Crippen molar-refractivity contribution in [2.24, 2.45) is 11.7 Å². The van der Waals surface area contributed by atoms with Gasteiger partial charge in [0.05, 0.1) is 6.04 Å². The predicted molar refractivity (Wildman–Crippen MR) is 72.1 cm³/mol. The Balaban J connectivity index is 2.14. The van der Waals surface area contributed by atoms with Gasteiger partial charge in [-0.25, -0.2) is 9.18 Å². The van der Waals surface area contributed by atoms with E-state index in [1.165, 1.54) is 12.1 Å². The highest BCUT2D eigenvalue weighted by Gasteiger charge is 2.35. The van der Waals surface area contributed by atoms with Crippen molar-refractivity contribution in [1.29, 1.82) is 0 Å². The van der Waals surface area contributed by atoms with E-state index in [1.54, 1.807) is 22.9 Å². The lowest BCUT2D eigenvalue weighted by atomic mass is 10.1. The maximum absolute atomic E-state index is 13.3. The van der Waals surface area contributed by atoms with Crippen molar-refractivity contribution in [3.8, 4) is 0 Å². The van der Waals surface area contributed by atoms with Gasteiger partial charge in [0.25, 0.3) is 0 Å². The summed E-state index contributed by atoms with van der Waals surface area (Å²) in [6, 6.07) is 6.32. The normalized spacial score (nSPS) is 21.1. The molecule has 0 bridgehead atoms. The summed E-state index contributed by atoms with van der Waals surface area (Å²) in [7, 11) is 1.75. The second-order valence-electron chi connectivity index (χ2n) is 5.21. The quantitative estimate of drug-likeness (QED) is 0.903. The summed E-state index contributed by atoms with van der Waals surface area (Å²) >= 11 is 0. The van der Waals surface area contributed by atoms with Crippen molar-refractivity contribution < 1.29 is 9.18 Å². The topological polar surface area (TPSA) is 49.6 Å². The number of nitrogens with two attached hydrogens (primary N) is 1. The number of nitrogens with zero attached hydrogens (tertiary/aromatic N) is 2. The van der Waals surface area contributed by atoms with Crippen LogP contribution in [0.4, 0.5) is 9.18 Å². The van der Waals surface area contributed by atoms with Gasteiger partial charge in [0, 0.05) is 20.1 Å². The van der Waals surface area contributed by atoms with Gasteiger partial charge in [0.15, 0.2) is 0 Å². The second-order valence-corrected chi connectivity index (χ2v) is 5.21. The van der Waals surface area contributed by atoms with Gasteiger partial charge in [-0.1, -0.05) is 19.1 Å². The summed E-state index contributed by atoms with van der Waals surface area (Å²) in [5.74, 6) is -0.00395. The Labute approximate surface area is 113 Å². The van der Waals surface area contributed by atoms with Crippen molar-refractivity contribution >= 4 is 6.03 Å². The number of halogens is 1. The highest BCUT2D eigenvalue weighted by atomic mass is 19.1. The minimum absolute atomic E-state index is 0.0189. The van der Waals surface area contributed by atoms with E-state index < -0.39 is 0 Å². The van der Waals surface area contributed by atoms with Crippen LogP contribution in [-0.2, 0) is 0 Å². The molecule has 1 heterocycles. The third-order valence-electron chi connectivity index (χ3n) is 3.60. The summed E-state index contributed by atoms with van der Waals surface area (Å²) in [5, 5.41) is 0. The first-order chi connectivity index (χ1) is 9.02. The monoisotopic (exact) mass is 265 g/mol. The molecule has 2 unspecified atom stereocenters. The van der Waals surface area contributed by atoms with Gasteiger partial charge in [-0.2, -0.15) is 0 Å². The van der Waals surface area contributed by atoms with Crippen LogP contribution >= 0.6 is 0 Å². The summed E-state index contributed by atoms with van der Waals surface area (Å²) in [6.45, 7) is 3.80. The van der Waals surface area contributed by atoms with Gasteiger partial charge in [0.2, 0.25) is 0 Å². The maximum Gasteiger partial charge on any atom is 0.320 e. The van der Waals surface area contributed by atoms with Gasteiger partial charge in [0.1, 0.15) is 5.82 Å². The summed E-state index contributed by atoms with van der Waals surface area (Å²) in [4.78, 5) is 15.6. The molecule has 0 radical (unpaired) electrons. The number of carbonyl (C=O) groups is 1. The minimum Gasteiger partial charge on any atom is -0.330 e. The average Bonchev–Trinajstić information content (AvgIpc) is 2.67. The zero-order chi connectivity index (χ0) is 14.0. The molecule has 0 aliphatic carbocycles. The molecule has 1 saturated heterocycles. The summed E-state index contributed by atoms with van der Waals surface area (Å²) in [6.07, 6.45) is 0. The third kappa shape index (κ3) is 2.87. The second kappa shape index (κ2) is 5.57. The van der Waals surface area contributed by atoms with E-state index in [2.05, 4.69) is 0 Å². The lowest BCUT2D eigenvalue weighted by Crippen LogP contribution is -2.34. The molecule has 2 N–H and O–H groups in total.